The summed E-state index contributed by atoms with van der Waals surface area (Å²) >= 11 is 6.58. The van der Waals surface area contributed by atoms with E-state index in [1.165, 1.54) is 6.08 Å². The van der Waals surface area contributed by atoms with Crippen LogP contribution in [-0.4, -0.2) is 11.1 Å². The Kier molecular flexibility index (Phi) is 4.06. The van der Waals surface area contributed by atoms with E-state index in [-0.39, 0.29) is 5.57 Å². The predicted octanol–water partition coefficient (Wildman–Crippen LogP) is 3.20. The number of nitrogens with zero attached hydrogens (tertiary/aromatic N) is 1. The Morgan fingerprint density at radius 2 is 2.07 bits per heavy atom. The van der Waals surface area contributed by atoms with E-state index < -0.39 is 5.97 Å². The molecule has 76 valence electrons. The molecule has 0 atom stereocenters. The van der Waals surface area contributed by atoms with Gasteiger partial charge in [0.15, 0.2) is 0 Å². The number of halogens is 2. The Morgan fingerprint density at radius 3 is 2.53 bits per heavy atom. The molecule has 5 heteroatoms. The highest BCUT2D eigenvalue weighted by atomic mass is 79.9. The second-order valence-corrected chi connectivity index (χ2v) is 4.36. The van der Waals surface area contributed by atoms with Crippen LogP contribution in [0.4, 0.5) is 0 Å². The molecule has 15 heavy (non-hydrogen) atoms. The lowest BCUT2D eigenvalue weighted by Crippen LogP contribution is -1.97. The van der Waals surface area contributed by atoms with E-state index in [0.29, 0.717) is 5.56 Å². The third kappa shape index (κ3) is 3.18. The number of aliphatic carboxylic acids is 1. The number of carbonyl (C=O) groups is 1. The molecule has 0 heterocycles. The summed E-state index contributed by atoms with van der Waals surface area (Å²) in [6.45, 7) is 0. The highest BCUT2D eigenvalue weighted by molar-refractivity contribution is 9.13. The first-order valence-corrected chi connectivity index (χ1v) is 5.43. The van der Waals surface area contributed by atoms with Crippen molar-refractivity contribution in [3.8, 4) is 6.07 Å². The van der Waals surface area contributed by atoms with Gasteiger partial charge < -0.3 is 5.11 Å². The van der Waals surface area contributed by atoms with Crippen molar-refractivity contribution in [1.29, 1.82) is 5.26 Å². The summed E-state index contributed by atoms with van der Waals surface area (Å²) in [5.74, 6) is -1.23. The van der Waals surface area contributed by atoms with E-state index in [1.54, 1.807) is 24.3 Å². The molecule has 0 bridgehead atoms. The predicted molar refractivity (Wildman–Crippen MR) is 63.1 cm³/mol. The first-order chi connectivity index (χ1) is 7.04. The Balaban J connectivity index is 3.14. The van der Waals surface area contributed by atoms with Crippen molar-refractivity contribution in [1.82, 2.24) is 0 Å². The van der Waals surface area contributed by atoms with Crippen LogP contribution in [0.3, 0.4) is 0 Å². The molecule has 0 radical (unpaired) electrons. The van der Waals surface area contributed by atoms with Gasteiger partial charge in [0, 0.05) is 8.95 Å². The van der Waals surface area contributed by atoms with Crippen LogP contribution in [0.15, 0.2) is 32.7 Å². The fourth-order valence-corrected chi connectivity index (χ4v) is 1.55. The Hall–Kier alpha value is -1.12. The van der Waals surface area contributed by atoms with Gasteiger partial charge in [-0.15, -0.1) is 0 Å². The molecular formula is C10H5Br2NO2. The average molecular weight is 331 g/mol. The van der Waals surface area contributed by atoms with Gasteiger partial charge in [-0.2, -0.15) is 5.26 Å². The first-order valence-electron chi connectivity index (χ1n) is 3.84. The molecule has 0 saturated carbocycles. The largest absolute Gasteiger partial charge is 0.477 e. The number of carboxylic acid groups (broad SMARTS) is 1. The fraction of sp³-hybridized carbons (Fsp3) is 0. The van der Waals surface area contributed by atoms with Gasteiger partial charge in [0.25, 0.3) is 0 Å². The molecule has 0 aliphatic heterocycles. The zero-order valence-electron chi connectivity index (χ0n) is 7.37. The molecule has 1 N–H and O–H groups in total. The van der Waals surface area contributed by atoms with Gasteiger partial charge in [0.2, 0.25) is 0 Å². The molecule has 0 aromatic heterocycles. The molecule has 0 saturated heterocycles. The molecule has 3 nitrogen and oxygen atoms in total. The van der Waals surface area contributed by atoms with Crippen molar-refractivity contribution in [3.63, 3.8) is 0 Å². The highest BCUT2D eigenvalue weighted by Crippen LogP contribution is 2.24. The summed E-state index contributed by atoms with van der Waals surface area (Å²) in [5.41, 5.74) is 0.369. The van der Waals surface area contributed by atoms with Crippen LogP contribution in [0.25, 0.3) is 6.08 Å². The first kappa shape index (κ1) is 12.0. The third-order valence-electron chi connectivity index (χ3n) is 1.61. The average Bonchev–Trinajstić information content (AvgIpc) is 2.19. The van der Waals surface area contributed by atoms with E-state index in [9.17, 15) is 4.79 Å². The maximum Gasteiger partial charge on any atom is 0.346 e. The van der Waals surface area contributed by atoms with Crippen molar-refractivity contribution in [2.75, 3.05) is 0 Å². The number of hydrogen-bond donors (Lipinski definition) is 1. The van der Waals surface area contributed by atoms with Crippen molar-refractivity contribution in [2.45, 2.75) is 0 Å². The number of hydrogen-bond acceptors (Lipinski definition) is 2. The van der Waals surface area contributed by atoms with E-state index >= 15 is 0 Å². The zero-order valence-corrected chi connectivity index (χ0v) is 10.5. The molecule has 0 fully saturated rings. The van der Waals surface area contributed by atoms with Crippen LogP contribution in [0, 0.1) is 11.3 Å². The Morgan fingerprint density at radius 1 is 1.40 bits per heavy atom. The second-order valence-electron chi connectivity index (χ2n) is 2.65. The molecular weight excluding hydrogens is 326 g/mol. The van der Waals surface area contributed by atoms with Crippen molar-refractivity contribution < 1.29 is 9.90 Å². The molecule has 1 aromatic carbocycles. The monoisotopic (exact) mass is 329 g/mol. The van der Waals surface area contributed by atoms with Gasteiger partial charge >= 0.3 is 5.97 Å². The van der Waals surface area contributed by atoms with Gasteiger partial charge in [-0.25, -0.2) is 4.79 Å². The van der Waals surface area contributed by atoms with Gasteiger partial charge in [0.05, 0.1) is 0 Å². The number of nitriles is 1. The minimum absolute atomic E-state index is 0.288. The summed E-state index contributed by atoms with van der Waals surface area (Å²) in [7, 11) is 0. The van der Waals surface area contributed by atoms with Crippen LogP contribution in [-0.2, 0) is 4.79 Å². The number of carboxylic acids is 1. The second kappa shape index (κ2) is 5.10. The maximum atomic E-state index is 10.6. The Bertz CT molecular complexity index is 475. The normalized spacial score (nSPS) is 10.9. The van der Waals surface area contributed by atoms with Crippen LogP contribution in [0.1, 0.15) is 5.56 Å². The number of benzene rings is 1. The topological polar surface area (TPSA) is 61.1 Å². The van der Waals surface area contributed by atoms with Crippen LogP contribution < -0.4 is 0 Å². The summed E-state index contributed by atoms with van der Waals surface area (Å²) in [5, 5.41) is 17.2. The molecule has 0 amide bonds. The standard InChI is InChI=1S/C10H5Br2NO2/c11-8-2-1-6(4-9(8)12)3-7(5-13)10(14)15/h1-4H,(H,14,15)/b7-3+. The molecule has 0 aliphatic carbocycles. The van der Waals surface area contributed by atoms with E-state index in [4.69, 9.17) is 10.4 Å². The number of rotatable bonds is 2. The quantitative estimate of drug-likeness (QED) is 0.669. The lowest BCUT2D eigenvalue weighted by atomic mass is 10.1. The lowest BCUT2D eigenvalue weighted by Gasteiger charge is -1.98. The molecule has 1 rings (SSSR count). The lowest BCUT2D eigenvalue weighted by molar-refractivity contribution is -0.132. The summed E-state index contributed by atoms with van der Waals surface area (Å²) in [4.78, 5) is 10.6. The van der Waals surface area contributed by atoms with Crippen LogP contribution in [0.2, 0.25) is 0 Å². The fourth-order valence-electron chi connectivity index (χ4n) is 0.911. The zero-order chi connectivity index (χ0) is 11.4. The minimum Gasteiger partial charge on any atom is -0.477 e. The smallest absolute Gasteiger partial charge is 0.346 e. The van der Waals surface area contributed by atoms with Crippen LogP contribution >= 0.6 is 31.9 Å². The molecule has 1 aromatic rings. The van der Waals surface area contributed by atoms with Crippen molar-refractivity contribution in [2.24, 2.45) is 0 Å². The van der Waals surface area contributed by atoms with Gasteiger partial charge in [-0.1, -0.05) is 6.07 Å². The van der Waals surface area contributed by atoms with Gasteiger partial charge in [0.1, 0.15) is 11.6 Å². The van der Waals surface area contributed by atoms with Crippen molar-refractivity contribution >= 4 is 43.9 Å². The van der Waals surface area contributed by atoms with Crippen molar-refractivity contribution in [3.05, 3.63) is 38.3 Å². The minimum atomic E-state index is -1.23. The van der Waals surface area contributed by atoms with E-state index in [2.05, 4.69) is 31.9 Å². The summed E-state index contributed by atoms with van der Waals surface area (Å²) in [6.07, 6.45) is 1.32. The van der Waals surface area contributed by atoms with E-state index in [1.807, 2.05) is 0 Å². The molecule has 0 unspecified atom stereocenters. The summed E-state index contributed by atoms with van der Waals surface area (Å²) < 4.78 is 1.67. The van der Waals surface area contributed by atoms with Gasteiger partial charge in [-0.3, -0.25) is 0 Å². The molecule has 0 aliphatic rings. The summed E-state index contributed by atoms with van der Waals surface area (Å²) in [6, 6.07) is 6.83. The highest BCUT2D eigenvalue weighted by Gasteiger charge is 2.06. The van der Waals surface area contributed by atoms with E-state index in [0.717, 1.165) is 8.95 Å². The Labute approximate surface area is 103 Å². The molecule has 0 spiro atoms. The maximum absolute atomic E-state index is 10.6. The van der Waals surface area contributed by atoms with Gasteiger partial charge in [-0.05, 0) is 55.6 Å². The SMILES string of the molecule is N#C/C(=C\c1ccc(Br)c(Br)c1)C(=O)O. The van der Waals surface area contributed by atoms with Crippen LogP contribution in [0.5, 0.6) is 0 Å². The third-order valence-corrected chi connectivity index (χ3v) is 3.49.